The van der Waals surface area contributed by atoms with Gasteiger partial charge in [0.1, 0.15) is 17.9 Å². The predicted molar refractivity (Wildman–Crippen MR) is 165 cm³/mol. The fraction of sp³-hybridized carbons (Fsp3) is 0.290. The maximum Gasteiger partial charge on any atom is 0.252 e. The molecule has 1 aromatic heterocycles. The van der Waals surface area contributed by atoms with E-state index >= 15 is 0 Å². The Morgan fingerprint density at radius 3 is 2.66 bits per heavy atom. The van der Waals surface area contributed by atoms with E-state index < -0.39 is 48.7 Å². The van der Waals surface area contributed by atoms with Gasteiger partial charge >= 0.3 is 0 Å². The van der Waals surface area contributed by atoms with Crippen LogP contribution in [0.3, 0.4) is 0 Å². The molecular weight excluding hydrogens is 610 g/mol. The number of amides is 3. The summed E-state index contributed by atoms with van der Waals surface area (Å²) >= 11 is 6.62. The third-order valence-corrected chi connectivity index (χ3v) is 8.26. The molecule has 1 aliphatic carbocycles. The molecule has 0 bridgehead atoms. The highest BCUT2D eigenvalue weighted by molar-refractivity contribution is 7.59. The third kappa shape index (κ3) is 5.77. The first-order chi connectivity index (χ1) is 20.7. The quantitative estimate of drug-likeness (QED) is 0.398. The summed E-state index contributed by atoms with van der Waals surface area (Å²) in [6, 6.07) is 13.5. The molecule has 44 heavy (non-hydrogen) atoms. The summed E-state index contributed by atoms with van der Waals surface area (Å²) in [4.78, 5) is 53.2. The van der Waals surface area contributed by atoms with Gasteiger partial charge in [0.15, 0.2) is 0 Å². The SMILES string of the molecule is N#Cc1ccnc(N2C(=O)CC[C@H]2C(=O)N(c2cccc3c2C=NC3)C(C(=O)NC2CC(F)(F)C2)c2ccccc2Cl)c1.S. The molecule has 3 aliphatic rings. The lowest BCUT2D eigenvalue weighted by Gasteiger charge is -2.39. The van der Waals surface area contributed by atoms with Gasteiger partial charge in [-0.25, -0.2) is 13.8 Å². The fourth-order valence-electron chi connectivity index (χ4n) is 5.84. The molecule has 0 spiro atoms. The molecule has 0 radical (unpaired) electrons. The van der Waals surface area contributed by atoms with Crippen molar-refractivity contribution < 1.29 is 23.2 Å². The van der Waals surface area contributed by atoms with Crippen molar-refractivity contribution in [2.24, 2.45) is 4.99 Å². The van der Waals surface area contributed by atoms with E-state index in [-0.39, 0.29) is 54.2 Å². The normalized spacial score (nSPS) is 18.9. The second-order valence-electron chi connectivity index (χ2n) is 10.8. The van der Waals surface area contributed by atoms with Crippen LogP contribution in [-0.4, -0.2) is 46.9 Å². The van der Waals surface area contributed by atoms with Gasteiger partial charge in [0, 0.05) is 53.9 Å². The molecule has 6 rings (SSSR count). The van der Waals surface area contributed by atoms with E-state index in [4.69, 9.17) is 11.6 Å². The highest BCUT2D eigenvalue weighted by atomic mass is 35.5. The van der Waals surface area contributed by atoms with Crippen molar-refractivity contribution in [3.05, 3.63) is 88.1 Å². The van der Waals surface area contributed by atoms with Crippen LogP contribution >= 0.6 is 25.1 Å². The van der Waals surface area contributed by atoms with Gasteiger partial charge in [-0.3, -0.25) is 29.2 Å². The van der Waals surface area contributed by atoms with Crippen molar-refractivity contribution in [1.82, 2.24) is 10.3 Å². The fourth-order valence-corrected chi connectivity index (χ4v) is 6.08. The number of alkyl halides is 2. The van der Waals surface area contributed by atoms with Crippen molar-refractivity contribution >= 4 is 60.5 Å². The molecule has 2 fully saturated rings. The highest BCUT2D eigenvalue weighted by Crippen LogP contribution is 2.41. The smallest absolute Gasteiger partial charge is 0.252 e. The summed E-state index contributed by atoms with van der Waals surface area (Å²) in [5.74, 6) is -4.39. The van der Waals surface area contributed by atoms with Gasteiger partial charge in [0.05, 0.1) is 23.9 Å². The molecule has 3 aromatic rings. The lowest BCUT2D eigenvalue weighted by atomic mass is 9.87. The Morgan fingerprint density at radius 2 is 1.93 bits per heavy atom. The Hall–Kier alpha value is -4.34. The molecule has 2 aromatic carbocycles. The van der Waals surface area contributed by atoms with Crippen LogP contribution in [0.25, 0.3) is 0 Å². The number of hydrogen-bond acceptors (Lipinski definition) is 6. The topological polar surface area (TPSA) is 119 Å². The molecule has 226 valence electrons. The summed E-state index contributed by atoms with van der Waals surface area (Å²) < 4.78 is 27.4. The molecule has 1 saturated heterocycles. The van der Waals surface area contributed by atoms with Crippen LogP contribution in [0.15, 0.2) is 65.8 Å². The molecule has 1 N–H and O–H groups in total. The van der Waals surface area contributed by atoms with E-state index in [0.29, 0.717) is 17.8 Å². The molecule has 1 unspecified atom stereocenters. The number of nitrogens with zero attached hydrogens (tertiary/aromatic N) is 5. The first kappa shape index (κ1) is 31.1. The van der Waals surface area contributed by atoms with Crippen LogP contribution < -0.4 is 15.1 Å². The Kier molecular flexibility index (Phi) is 8.72. The number of hydrogen-bond donors (Lipinski definition) is 1. The summed E-state index contributed by atoms with van der Waals surface area (Å²) in [7, 11) is 0. The van der Waals surface area contributed by atoms with E-state index in [9.17, 15) is 28.4 Å². The average molecular weight is 637 g/mol. The van der Waals surface area contributed by atoms with Crippen molar-refractivity contribution in [3.63, 3.8) is 0 Å². The van der Waals surface area contributed by atoms with Gasteiger partial charge in [0.25, 0.3) is 11.8 Å². The molecule has 2 aliphatic heterocycles. The zero-order valence-electron chi connectivity index (χ0n) is 23.2. The number of fused-ring (bicyclic) bond motifs is 1. The zero-order chi connectivity index (χ0) is 30.3. The van der Waals surface area contributed by atoms with Gasteiger partial charge in [0.2, 0.25) is 11.8 Å². The van der Waals surface area contributed by atoms with Crippen LogP contribution in [0, 0.1) is 11.3 Å². The van der Waals surface area contributed by atoms with E-state index in [0.717, 1.165) is 5.56 Å². The largest absolute Gasteiger partial charge is 0.351 e. The van der Waals surface area contributed by atoms with E-state index in [2.05, 4.69) is 15.3 Å². The number of anilines is 2. The summed E-state index contributed by atoms with van der Waals surface area (Å²) in [5, 5.41) is 12.3. The first-order valence-electron chi connectivity index (χ1n) is 13.7. The van der Waals surface area contributed by atoms with Crippen molar-refractivity contribution in [2.75, 3.05) is 9.80 Å². The van der Waals surface area contributed by atoms with E-state index in [1.165, 1.54) is 28.1 Å². The number of carbonyl (C=O) groups excluding carboxylic acids is 3. The summed E-state index contributed by atoms with van der Waals surface area (Å²) in [5.41, 5.74) is 2.36. The van der Waals surface area contributed by atoms with Gasteiger partial charge < -0.3 is 5.32 Å². The number of carbonyl (C=O) groups is 3. The minimum Gasteiger partial charge on any atom is -0.351 e. The molecule has 13 heteroatoms. The molecule has 1 saturated carbocycles. The van der Waals surface area contributed by atoms with E-state index in [1.807, 2.05) is 12.1 Å². The van der Waals surface area contributed by atoms with Crippen LogP contribution in [0.1, 0.15) is 54.0 Å². The first-order valence-corrected chi connectivity index (χ1v) is 14.1. The van der Waals surface area contributed by atoms with Crippen molar-refractivity contribution in [3.8, 4) is 6.07 Å². The number of halogens is 3. The number of pyridine rings is 1. The highest BCUT2D eigenvalue weighted by Gasteiger charge is 2.49. The Morgan fingerprint density at radius 1 is 1.16 bits per heavy atom. The monoisotopic (exact) mass is 636 g/mol. The summed E-state index contributed by atoms with van der Waals surface area (Å²) in [6.45, 7) is 0.379. The zero-order valence-corrected chi connectivity index (χ0v) is 25.0. The van der Waals surface area contributed by atoms with Crippen LogP contribution in [0.2, 0.25) is 5.02 Å². The van der Waals surface area contributed by atoms with Gasteiger partial charge in [-0.05, 0) is 36.2 Å². The lowest BCUT2D eigenvalue weighted by molar-refractivity contribution is -0.133. The van der Waals surface area contributed by atoms with Crippen LogP contribution in [-0.2, 0) is 20.9 Å². The lowest BCUT2D eigenvalue weighted by Crippen LogP contribution is -2.56. The van der Waals surface area contributed by atoms with Crippen molar-refractivity contribution in [2.45, 2.75) is 56.3 Å². The van der Waals surface area contributed by atoms with Crippen LogP contribution in [0.5, 0.6) is 0 Å². The molecular formula is C31H27ClF2N6O3S. The van der Waals surface area contributed by atoms with Gasteiger partial charge in [-0.15, -0.1) is 0 Å². The summed E-state index contributed by atoms with van der Waals surface area (Å²) in [6.07, 6.45) is 2.14. The maximum atomic E-state index is 14.8. The Bertz CT molecular complexity index is 1710. The Balaban J connectivity index is 0.00000384. The Labute approximate surface area is 264 Å². The average Bonchev–Trinajstić information content (AvgIpc) is 3.62. The number of nitriles is 1. The molecule has 9 nitrogen and oxygen atoms in total. The van der Waals surface area contributed by atoms with Crippen molar-refractivity contribution in [1.29, 1.82) is 5.26 Å². The minimum absolute atomic E-state index is 0. The second kappa shape index (κ2) is 12.3. The second-order valence-corrected chi connectivity index (χ2v) is 11.2. The predicted octanol–water partition coefficient (Wildman–Crippen LogP) is 4.84. The number of aromatic nitrogens is 1. The van der Waals surface area contributed by atoms with Crippen LogP contribution in [0.4, 0.5) is 20.3 Å². The molecule has 3 amide bonds. The third-order valence-electron chi connectivity index (χ3n) is 7.91. The number of benzene rings is 2. The maximum absolute atomic E-state index is 14.8. The number of nitrogens with one attached hydrogen (secondary N) is 1. The van der Waals surface area contributed by atoms with E-state index in [1.54, 1.807) is 42.6 Å². The number of rotatable bonds is 7. The molecule has 2 atom stereocenters. The minimum atomic E-state index is -2.88. The van der Waals surface area contributed by atoms with Gasteiger partial charge in [-0.2, -0.15) is 18.8 Å². The molecule has 3 heterocycles. The number of aliphatic imine (C=N–C) groups is 1. The van der Waals surface area contributed by atoms with Gasteiger partial charge in [-0.1, -0.05) is 41.9 Å². The standard InChI is InChI=1S/C31H25ClF2N6O3.H2S/c32-23-6-2-1-5-21(23)28(29(42)38-20-13-31(33,34)14-20)40(24-7-3-4-19-16-36-17-22(19)24)30(43)25-8-9-27(41)39(25)26-12-18(15-35)10-11-37-26;/h1-7,10-12,17,20,25,28H,8-9,13-14,16H2,(H,38,42);1H2/t25-,28?;/m0./s1.